The molecular weight excluding hydrogens is 216 g/mol. The van der Waals surface area contributed by atoms with E-state index in [1.54, 1.807) is 0 Å². The number of hydrogen-bond acceptors (Lipinski definition) is 3. The molecule has 2 unspecified atom stereocenters. The van der Waals surface area contributed by atoms with Gasteiger partial charge in [0.2, 0.25) is 5.91 Å². The van der Waals surface area contributed by atoms with Crippen molar-refractivity contribution in [1.82, 2.24) is 10.2 Å². The summed E-state index contributed by atoms with van der Waals surface area (Å²) in [5, 5.41) is 12.8. The van der Waals surface area contributed by atoms with Gasteiger partial charge in [0.25, 0.3) is 0 Å². The molecule has 17 heavy (non-hydrogen) atoms. The first-order chi connectivity index (χ1) is 8.16. The number of aliphatic hydroxyl groups is 1. The molecule has 0 aromatic heterocycles. The fourth-order valence-electron chi connectivity index (χ4n) is 2.90. The van der Waals surface area contributed by atoms with Gasteiger partial charge in [-0.1, -0.05) is 6.92 Å². The van der Waals surface area contributed by atoms with Crippen molar-refractivity contribution >= 4 is 5.91 Å². The summed E-state index contributed by atoms with van der Waals surface area (Å²) in [5.41, 5.74) is 0. The number of carbonyl (C=O) groups excluding carboxylic acids is 1. The third-order valence-corrected chi connectivity index (χ3v) is 4.15. The minimum atomic E-state index is -0.300. The van der Waals surface area contributed by atoms with Crippen molar-refractivity contribution in [2.45, 2.75) is 38.7 Å². The van der Waals surface area contributed by atoms with Gasteiger partial charge in [0.1, 0.15) is 0 Å². The van der Waals surface area contributed by atoms with Crippen molar-refractivity contribution < 1.29 is 9.90 Å². The molecule has 0 aromatic carbocycles. The molecule has 2 aliphatic rings. The maximum Gasteiger partial charge on any atom is 0.222 e. The van der Waals surface area contributed by atoms with Crippen LogP contribution in [0.1, 0.15) is 32.6 Å². The molecule has 0 saturated carbocycles. The normalized spacial score (nSPS) is 31.5. The molecule has 2 fully saturated rings. The summed E-state index contributed by atoms with van der Waals surface area (Å²) in [6.45, 7) is 5.62. The Morgan fingerprint density at radius 2 is 2.35 bits per heavy atom. The molecule has 3 atom stereocenters. The van der Waals surface area contributed by atoms with Crippen LogP contribution >= 0.6 is 0 Å². The monoisotopic (exact) mass is 240 g/mol. The van der Waals surface area contributed by atoms with Crippen molar-refractivity contribution in [3.63, 3.8) is 0 Å². The Hall–Kier alpha value is -0.610. The van der Waals surface area contributed by atoms with Crippen LogP contribution < -0.4 is 5.32 Å². The van der Waals surface area contributed by atoms with Gasteiger partial charge < -0.3 is 15.3 Å². The number of hydrogen-bond donors (Lipinski definition) is 2. The summed E-state index contributed by atoms with van der Waals surface area (Å²) in [5.74, 6) is 1.31. The molecule has 98 valence electrons. The van der Waals surface area contributed by atoms with Crippen molar-refractivity contribution in [2.75, 3.05) is 26.2 Å². The van der Waals surface area contributed by atoms with Crippen LogP contribution in [-0.4, -0.2) is 48.2 Å². The quantitative estimate of drug-likeness (QED) is 0.760. The summed E-state index contributed by atoms with van der Waals surface area (Å²) in [6, 6.07) is 0. The molecule has 2 saturated heterocycles. The maximum atomic E-state index is 12.0. The van der Waals surface area contributed by atoms with Crippen LogP contribution in [0, 0.1) is 11.8 Å². The van der Waals surface area contributed by atoms with Gasteiger partial charge >= 0.3 is 0 Å². The average Bonchev–Trinajstić information content (AvgIpc) is 2.77. The lowest BCUT2D eigenvalue weighted by atomic mass is 9.85. The van der Waals surface area contributed by atoms with Gasteiger partial charge in [-0.25, -0.2) is 0 Å². The first kappa shape index (κ1) is 12.8. The molecule has 0 aromatic rings. The van der Waals surface area contributed by atoms with E-state index in [9.17, 15) is 9.90 Å². The fourth-order valence-corrected chi connectivity index (χ4v) is 2.90. The molecule has 1 amide bonds. The van der Waals surface area contributed by atoms with Crippen LogP contribution in [0.15, 0.2) is 0 Å². The highest BCUT2D eigenvalue weighted by Gasteiger charge is 2.28. The minimum absolute atomic E-state index is 0.222. The van der Waals surface area contributed by atoms with Crippen molar-refractivity contribution in [3.8, 4) is 0 Å². The molecule has 2 N–H and O–H groups in total. The average molecular weight is 240 g/mol. The van der Waals surface area contributed by atoms with Crippen LogP contribution in [0.4, 0.5) is 0 Å². The maximum absolute atomic E-state index is 12.0. The molecule has 0 bridgehead atoms. The Morgan fingerprint density at radius 1 is 1.53 bits per heavy atom. The highest BCUT2D eigenvalue weighted by Crippen LogP contribution is 2.24. The molecule has 2 rings (SSSR count). The lowest BCUT2D eigenvalue weighted by molar-refractivity contribution is -0.131. The number of nitrogens with one attached hydrogen (secondary N) is 1. The molecule has 0 spiro atoms. The lowest BCUT2D eigenvalue weighted by Gasteiger charge is -2.29. The molecule has 2 aliphatic heterocycles. The predicted molar refractivity (Wildman–Crippen MR) is 66.6 cm³/mol. The van der Waals surface area contributed by atoms with Gasteiger partial charge in [-0.15, -0.1) is 0 Å². The van der Waals surface area contributed by atoms with Gasteiger partial charge in [0.15, 0.2) is 0 Å². The molecule has 4 nitrogen and oxygen atoms in total. The van der Waals surface area contributed by atoms with Crippen LogP contribution in [0.3, 0.4) is 0 Å². The third-order valence-electron chi connectivity index (χ3n) is 4.15. The highest BCUT2D eigenvalue weighted by atomic mass is 16.3. The van der Waals surface area contributed by atoms with Crippen molar-refractivity contribution in [3.05, 3.63) is 0 Å². The molecule has 2 heterocycles. The number of piperidine rings is 1. The summed E-state index contributed by atoms with van der Waals surface area (Å²) >= 11 is 0. The zero-order chi connectivity index (χ0) is 12.3. The van der Waals surface area contributed by atoms with E-state index in [1.165, 1.54) is 12.8 Å². The molecule has 0 radical (unpaired) electrons. The first-order valence-electron chi connectivity index (χ1n) is 6.83. The van der Waals surface area contributed by atoms with E-state index in [4.69, 9.17) is 0 Å². The van der Waals surface area contributed by atoms with Gasteiger partial charge in [-0.05, 0) is 44.2 Å². The number of carbonyl (C=O) groups is 1. The van der Waals surface area contributed by atoms with Crippen molar-refractivity contribution in [1.29, 1.82) is 0 Å². The zero-order valence-electron chi connectivity index (χ0n) is 10.7. The number of aliphatic hydroxyl groups excluding tert-OH is 1. The molecular formula is C13H24N2O2. The number of likely N-dealkylation sites (tertiary alicyclic amines) is 1. The van der Waals surface area contributed by atoms with Crippen LogP contribution in [0.2, 0.25) is 0 Å². The van der Waals surface area contributed by atoms with Gasteiger partial charge in [-0.2, -0.15) is 0 Å². The van der Waals surface area contributed by atoms with Crippen LogP contribution in [0.25, 0.3) is 0 Å². The second kappa shape index (κ2) is 5.83. The Morgan fingerprint density at radius 3 is 2.94 bits per heavy atom. The van der Waals surface area contributed by atoms with E-state index >= 15 is 0 Å². The number of nitrogens with zero attached hydrogens (tertiary/aromatic N) is 1. The predicted octanol–water partition coefficient (Wildman–Crippen LogP) is 0.605. The Balaban J connectivity index is 1.77. The first-order valence-corrected chi connectivity index (χ1v) is 6.83. The van der Waals surface area contributed by atoms with Gasteiger partial charge in [0.05, 0.1) is 6.10 Å². The lowest BCUT2D eigenvalue weighted by Crippen LogP contribution is -2.36. The van der Waals surface area contributed by atoms with Crippen LogP contribution in [-0.2, 0) is 4.79 Å². The third kappa shape index (κ3) is 3.42. The zero-order valence-corrected chi connectivity index (χ0v) is 10.7. The largest absolute Gasteiger partial charge is 0.391 e. The smallest absolute Gasteiger partial charge is 0.222 e. The Bertz CT molecular complexity index is 264. The second-order valence-electron chi connectivity index (χ2n) is 5.57. The van der Waals surface area contributed by atoms with E-state index < -0.39 is 0 Å². The summed E-state index contributed by atoms with van der Waals surface area (Å²) in [4.78, 5) is 13.9. The summed E-state index contributed by atoms with van der Waals surface area (Å²) < 4.78 is 0. The topological polar surface area (TPSA) is 52.6 Å². The van der Waals surface area contributed by atoms with Crippen molar-refractivity contribution in [2.24, 2.45) is 11.8 Å². The summed E-state index contributed by atoms with van der Waals surface area (Å²) in [6.07, 6.45) is 3.55. The van der Waals surface area contributed by atoms with Gasteiger partial charge in [-0.3, -0.25) is 4.79 Å². The molecule has 0 aliphatic carbocycles. The highest BCUT2D eigenvalue weighted by molar-refractivity contribution is 5.76. The fraction of sp³-hybridized carbons (Fsp3) is 0.923. The number of rotatable bonds is 3. The number of amides is 1. The number of β-amino-alcohol motifs (C(OH)–C–C–N with tert-alkyl or cyclic N) is 1. The molecule has 4 heteroatoms. The Kier molecular flexibility index (Phi) is 4.40. The standard InChI is InChI=1S/C13H24N2O2/c1-10(11-3-2-5-14-8-11)7-13(17)15-6-4-12(16)9-15/h10-12,14,16H,2-9H2,1H3/t10?,11?,12-/m1/s1. The van der Waals surface area contributed by atoms with E-state index in [2.05, 4.69) is 12.2 Å². The second-order valence-corrected chi connectivity index (χ2v) is 5.57. The SMILES string of the molecule is CC(CC(=O)N1CC[C@@H](O)C1)C1CCCNC1. The van der Waals surface area contributed by atoms with E-state index in [0.29, 0.717) is 24.8 Å². The summed E-state index contributed by atoms with van der Waals surface area (Å²) in [7, 11) is 0. The Labute approximate surface area is 103 Å². The van der Waals surface area contributed by atoms with E-state index in [0.717, 1.165) is 26.1 Å². The minimum Gasteiger partial charge on any atom is -0.391 e. The van der Waals surface area contributed by atoms with E-state index in [-0.39, 0.29) is 12.0 Å². The van der Waals surface area contributed by atoms with Gasteiger partial charge in [0, 0.05) is 19.5 Å². The van der Waals surface area contributed by atoms with E-state index in [1.807, 2.05) is 4.90 Å². The van der Waals surface area contributed by atoms with Crippen LogP contribution in [0.5, 0.6) is 0 Å².